The van der Waals surface area contributed by atoms with E-state index in [2.05, 4.69) is 4.31 Å². The molecule has 0 aromatic heterocycles. The molecule has 0 radical (unpaired) electrons. The van der Waals surface area contributed by atoms with Crippen molar-refractivity contribution >= 4 is 26.0 Å². The van der Waals surface area contributed by atoms with Crippen molar-refractivity contribution in [2.75, 3.05) is 14.1 Å². The van der Waals surface area contributed by atoms with Crippen molar-refractivity contribution in [1.82, 2.24) is 4.67 Å². The summed E-state index contributed by atoms with van der Waals surface area (Å²) in [6.45, 7) is -2.73. The van der Waals surface area contributed by atoms with E-state index in [0.717, 1.165) is 0 Å². The largest absolute Gasteiger partial charge is 0.341 e. The highest BCUT2D eigenvalue weighted by Crippen LogP contribution is 2.51. The smallest absolute Gasteiger partial charge is 0.269 e. The van der Waals surface area contributed by atoms with Gasteiger partial charge >= 0.3 is 7.67 Å². The summed E-state index contributed by atoms with van der Waals surface area (Å²) in [5.41, 5.74) is 15.3. The molecule has 0 aromatic rings. The lowest BCUT2D eigenvalue weighted by molar-refractivity contribution is 0.479. The average Bonchev–Trinajstić information content (AvgIpc) is 1.56. The first-order valence-corrected chi connectivity index (χ1v) is 7.10. The van der Waals surface area contributed by atoms with Crippen molar-refractivity contribution in [1.29, 1.82) is 0 Å². The van der Waals surface area contributed by atoms with Crippen LogP contribution in [0, 0.1) is 0 Å². The van der Waals surface area contributed by atoms with E-state index >= 15 is 0 Å². The maximum absolute atomic E-state index is 10.7. The molecule has 1 atom stereocenters. The molecule has 0 aromatic carbocycles. The van der Waals surface area contributed by atoms with Crippen LogP contribution in [-0.4, -0.2) is 18.8 Å². The Morgan fingerprint density at radius 1 is 1.36 bits per heavy atom. The SMILES string of the molecule is CN(C)P(N)(=S)OP(N)(N)=O. The van der Waals surface area contributed by atoms with E-state index in [1.165, 1.54) is 4.67 Å². The minimum atomic E-state index is -3.56. The lowest BCUT2D eigenvalue weighted by Gasteiger charge is -2.24. The van der Waals surface area contributed by atoms with Crippen LogP contribution in [-0.2, 0) is 20.7 Å². The zero-order valence-corrected chi connectivity index (χ0v) is 8.90. The number of nitrogens with zero attached hydrogens (tertiary/aromatic N) is 1. The lowest BCUT2D eigenvalue weighted by atomic mass is 11.3. The molecule has 0 aliphatic carbocycles. The molecule has 0 bridgehead atoms. The quantitative estimate of drug-likeness (QED) is 0.561. The predicted molar refractivity (Wildman–Crippen MR) is 49.2 cm³/mol. The third-order valence-electron chi connectivity index (χ3n) is 0.802. The Labute approximate surface area is 70.8 Å². The third-order valence-corrected chi connectivity index (χ3v) is 5.45. The van der Waals surface area contributed by atoms with Crippen LogP contribution in [0.3, 0.4) is 0 Å². The molecule has 1 unspecified atom stereocenters. The van der Waals surface area contributed by atoms with Crippen LogP contribution in [0.4, 0.5) is 0 Å². The van der Waals surface area contributed by atoms with Gasteiger partial charge in [-0.25, -0.2) is 20.0 Å². The molecule has 11 heavy (non-hydrogen) atoms. The second-order valence-electron chi connectivity index (χ2n) is 2.14. The second kappa shape index (κ2) is 3.60. The minimum Gasteiger partial charge on any atom is -0.269 e. The normalized spacial score (nSPS) is 18.4. The Kier molecular flexibility index (Phi) is 3.82. The van der Waals surface area contributed by atoms with Gasteiger partial charge in [-0.1, -0.05) is 0 Å². The molecule has 0 spiro atoms. The highest BCUT2D eigenvalue weighted by molar-refractivity contribution is 8.11. The summed E-state index contributed by atoms with van der Waals surface area (Å²) in [7, 11) is -0.347. The maximum atomic E-state index is 10.7. The topological polar surface area (TPSA) is 108 Å². The van der Waals surface area contributed by atoms with Gasteiger partial charge in [-0.3, -0.25) is 10.1 Å². The molecule has 0 heterocycles. The summed E-state index contributed by atoms with van der Waals surface area (Å²) >= 11 is 4.78. The van der Waals surface area contributed by atoms with E-state index < -0.39 is 14.2 Å². The molecule has 6 N–H and O–H groups in total. The molecule has 68 valence electrons. The molecule has 0 amide bonds. The first-order chi connectivity index (χ1) is 4.65. The number of hydrogen-bond donors (Lipinski definition) is 3. The third kappa shape index (κ3) is 5.00. The van der Waals surface area contributed by atoms with Gasteiger partial charge in [0.2, 0.25) is 6.57 Å². The lowest BCUT2D eigenvalue weighted by Crippen LogP contribution is -2.19. The fraction of sp³-hybridized carbons (Fsp3) is 1.00. The Balaban J connectivity index is 4.39. The van der Waals surface area contributed by atoms with Gasteiger partial charge in [0.25, 0.3) is 0 Å². The Morgan fingerprint density at radius 2 is 1.73 bits per heavy atom. The van der Waals surface area contributed by atoms with Gasteiger partial charge in [0, 0.05) is 0 Å². The minimum absolute atomic E-state index is 1.44. The molecule has 0 aliphatic rings. The van der Waals surface area contributed by atoms with Crippen LogP contribution in [0.15, 0.2) is 0 Å². The van der Waals surface area contributed by atoms with Crippen LogP contribution >= 0.6 is 14.2 Å². The number of hydrogen-bond acceptors (Lipinski definition) is 3. The van der Waals surface area contributed by atoms with Crippen molar-refractivity contribution in [2.24, 2.45) is 16.5 Å². The highest BCUT2D eigenvalue weighted by Gasteiger charge is 2.23. The summed E-state index contributed by atoms with van der Waals surface area (Å²) in [5.74, 6) is 0. The van der Waals surface area contributed by atoms with Crippen LogP contribution < -0.4 is 16.5 Å². The summed E-state index contributed by atoms with van der Waals surface area (Å²) in [6, 6.07) is 0. The van der Waals surface area contributed by atoms with Crippen molar-refractivity contribution in [3.63, 3.8) is 0 Å². The molecule has 6 nitrogen and oxygen atoms in total. The Morgan fingerprint density at radius 3 is 1.82 bits per heavy atom. The van der Waals surface area contributed by atoms with Crippen molar-refractivity contribution in [2.45, 2.75) is 0 Å². The van der Waals surface area contributed by atoms with Gasteiger partial charge in [0.05, 0.1) is 0 Å². The van der Waals surface area contributed by atoms with Crippen molar-refractivity contribution in [3.8, 4) is 0 Å². The molecule has 0 aliphatic heterocycles. The fourth-order valence-corrected chi connectivity index (χ4v) is 3.24. The molecular weight excluding hydrogens is 206 g/mol. The molecule has 0 fully saturated rings. The Hall–Kier alpha value is 0.680. The van der Waals surface area contributed by atoms with E-state index in [9.17, 15) is 4.57 Å². The van der Waals surface area contributed by atoms with E-state index in [1.54, 1.807) is 14.1 Å². The van der Waals surface area contributed by atoms with Crippen molar-refractivity contribution < 1.29 is 8.88 Å². The first kappa shape index (κ1) is 11.7. The molecule has 0 saturated carbocycles. The molecule has 9 heteroatoms. The Bertz CT molecular complexity index is 224. The number of rotatable bonds is 3. The first-order valence-electron chi connectivity index (χ1n) is 2.60. The zero-order valence-electron chi connectivity index (χ0n) is 6.30. The van der Waals surface area contributed by atoms with Gasteiger partial charge in [-0.05, 0) is 25.9 Å². The van der Waals surface area contributed by atoms with Crippen LogP contribution in [0.2, 0.25) is 0 Å². The molecule has 0 saturated heterocycles. The maximum Gasteiger partial charge on any atom is 0.341 e. The average molecular weight is 218 g/mol. The van der Waals surface area contributed by atoms with Crippen LogP contribution in [0.1, 0.15) is 0 Å². The summed E-state index contributed by atoms with van der Waals surface area (Å²) in [4.78, 5) is 0. The predicted octanol–water partition coefficient (Wildman–Crippen LogP) is -0.227. The summed E-state index contributed by atoms with van der Waals surface area (Å²) in [5, 5.41) is 0. The van der Waals surface area contributed by atoms with Crippen LogP contribution in [0.25, 0.3) is 0 Å². The zero-order chi connectivity index (χ0) is 9.28. The summed E-state index contributed by atoms with van der Waals surface area (Å²) < 4.78 is 16.8. The number of nitrogens with two attached hydrogens (primary N) is 3. The highest BCUT2D eigenvalue weighted by atomic mass is 32.5. The standard InChI is InChI=1S/C2H12N4O2P2S/c1-6(2)10(5,11)8-9(3,4)7/h1-2H3,(H2,5,11)(H4,3,4,7). The molecular formula is C2H12N4O2P2S. The monoisotopic (exact) mass is 218 g/mol. The van der Waals surface area contributed by atoms with Gasteiger partial charge in [0.15, 0.2) is 0 Å². The van der Waals surface area contributed by atoms with E-state index in [-0.39, 0.29) is 0 Å². The summed E-state index contributed by atoms with van der Waals surface area (Å²) in [6.07, 6.45) is 0. The van der Waals surface area contributed by atoms with E-state index in [0.29, 0.717) is 0 Å². The second-order valence-corrected chi connectivity index (χ2v) is 7.58. The van der Waals surface area contributed by atoms with E-state index in [4.69, 9.17) is 28.3 Å². The fourth-order valence-electron chi connectivity index (χ4n) is 0.256. The van der Waals surface area contributed by atoms with E-state index in [1.807, 2.05) is 0 Å². The molecule has 0 rings (SSSR count). The van der Waals surface area contributed by atoms with Crippen LogP contribution in [0.5, 0.6) is 0 Å². The van der Waals surface area contributed by atoms with Gasteiger partial charge in [0.1, 0.15) is 0 Å². The van der Waals surface area contributed by atoms with Gasteiger partial charge in [-0.2, -0.15) is 0 Å². The van der Waals surface area contributed by atoms with Gasteiger partial charge in [-0.15, -0.1) is 0 Å². The van der Waals surface area contributed by atoms with Crippen molar-refractivity contribution in [3.05, 3.63) is 0 Å². The van der Waals surface area contributed by atoms with Gasteiger partial charge < -0.3 is 0 Å².